The SMILES string of the molecule is CC1CN(C(=O)c2csc(-c3cccs3)n2)CCC1O. The molecule has 1 aliphatic heterocycles. The molecule has 2 aromatic heterocycles. The number of rotatable bonds is 2. The minimum Gasteiger partial charge on any atom is -0.393 e. The molecule has 1 aliphatic rings. The lowest BCUT2D eigenvalue weighted by molar-refractivity contribution is 0.0294. The number of carbonyl (C=O) groups excluding carboxylic acids is 1. The molecule has 0 radical (unpaired) electrons. The van der Waals surface area contributed by atoms with Gasteiger partial charge in [0.2, 0.25) is 0 Å². The van der Waals surface area contributed by atoms with E-state index in [4.69, 9.17) is 0 Å². The molecule has 0 saturated carbocycles. The zero-order chi connectivity index (χ0) is 14.1. The third-order valence-corrected chi connectivity index (χ3v) is 5.48. The maximum atomic E-state index is 12.4. The number of amides is 1. The third kappa shape index (κ3) is 2.63. The summed E-state index contributed by atoms with van der Waals surface area (Å²) in [6.45, 7) is 3.18. The molecule has 0 aliphatic carbocycles. The van der Waals surface area contributed by atoms with Gasteiger partial charge in [-0.1, -0.05) is 13.0 Å². The molecule has 20 heavy (non-hydrogen) atoms. The predicted molar refractivity (Wildman–Crippen MR) is 81.1 cm³/mol. The normalized spacial score (nSPS) is 23.0. The van der Waals surface area contributed by atoms with Gasteiger partial charge >= 0.3 is 0 Å². The number of likely N-dealkylation sites (tertiary alicyclic amines) is 1. The lowest BCUT2D eigenvalue weighted by Crippen LogP contribution is -2.45. The fourth-order valence-electron chi connectivity index (χ4n) is 2.37. The van der Waals surface area contributed by atoms with E-state index in [2.05, 4.69) is 4.98 Å². The Morgan fingerprint density at radius 1 is 1.50 bits per heavy atom. The van der Waals surface area contributed by atoms with Gasteiger partial charge in [0.25, 0.3) is 5.91 Å². The minimum atomic E-state index is -0.295. The molecule has 106 valence electrons. The molecule has 3 heterocycles. The number of aromatic nitrogens is 1. The van der Waals surface area contributed by atoms with Crippen LogP contribution in [0.5, 0.6) is 0 Å². The maximum Gasteiger partial charge on any atom is 0.273 e. The fourth-order valence-corrected chi connectivity index (χ4v) is 3.97. The largest absolute Gasteiger partial charge is 0.393 e. The van der Waals surface area contributed by atoms with Crippen molar-refractivity contribution in [3.05, 3.63) is 28.6 Å². The Kier molecular flexibility index (Phi) is 3.87. The van der Waals surface area contributed by atoms with Crippen LogP contribution in [-0.4, -0.2) is 40.1 Å². The quantitative estimate of drug-likeness (QED) is 0.928. The molecular weight excluding hydrogens is 292 g/mol. The van der Waals surface area contributed by atoms with Gasteiger partial charge in [-0.3, -0.25) is 4.79 Å². The lowest BCUT2D eigenvalue weighted by Gasteiger charge is -2.33. The average Bonchev–Trinajstić information content (AvgIpc) is 3.11. The van der Waals surface area contributed by atoms with E-state index >= 15 is 0 Å². The molecule has 0 aromatic carbocycles. The number of carbonyl (C=O) groups is 1. The summed E-state index contributed by atoms with van der Waals surface area (Å²) in [5.41, 5.74) is 0.516. The molecule has 0 spiro atoms. The first kappa shape index (κ1) is 13.7. The molecule has 1 saturated heterocycles. The van der Waals surface area contributed by atoms with Gasteiger partial charge in [-0.2, -0.15) is 0 Å². The van der Waals surface area contributed by atoms with Gasteiger partial charge in [0, 0.05) is 18.5 Å². The van der Waals surface area contributed by atoms with Crippen molar-refractivity contribution in [2.75, 3.05) is 13.1 Å². The van der Waals surface area contributed by atoms with E-state index in [1.807, 2.05) is 29.8 Å². The number of hydrogen-bond acceptors (Lipinski definition) is 5. The van der Waals surface area contributed by atoms with Crippen molar-refractivity contribution >= 4 is 28.6 Å². The van der Waals surface area contributed by atoms with Crippen molar-refractivity contribution < 1.29 is 9.90 Å². The van der Waals surface area contributed by atoms with Crippen molar-refractivity contribution in [1.82, 2.24) is 9.88 Å². The first-order valence-electron chi connectivity index (χ1n) is 6.62. The number of thiazole rings is 1. The average molecular weight is 308 g/mol. The summed E-state index contributed by atoms with van der Waals surface area (Å²) in [4.78, 5) is 19.8. The molecule has 2 aromatic rings. The zero-order valence-electron chi connectivity index (χ0n) is 11.2. The van der Waals surface area contributed by atoms with E-state index in [-0.39, 0.29) is 17.9 Å². The van der Waals surface area contributed by atoms with Crippen LogP contribution in [0, 0.1) is 5.92 Å². The number of piperidine rings is 1. The molecule has 6 heteroatoms. The summed E-state index contributed by atoms with van der Waals surface area (Å²) in [7, 11) is 0. The highest BCUT2D eigenvalue weighted by molar-refractivity contribution is 7.20. The van der Waals surface area contributed by atoms with E-state index in [0.29, 0.717) is 25.2 Å². The van der Waals surface area contributed by atoms with Crippen LogP contribution in [0.15, 0.2) is 22.9 Å². The Hall–Kier alpha value is -1.24. The van der Waals surface area contributed by atoms with Crippen molar-refractivity contribution in [2.45, 2.75) is 19.4 Å². The predicted octanol–water partition coefficient (Wildman–Crippen LogP) is 2.71. The zero-order valence-corrected chi connectivity index (χ0v) is 12.8. The van der Waals surface area contributed by atoms with Gasteiger partial charge in [-0.15, -0.1) is 22.7 Å². The van der Waals surface area contributed by atoms with Gasteiger partial charge in [-0.25, -0.2) is 4.98 Å². The topological polar surface area (TPSA) is 53.4 Å². The standard InChI is InChI=1S/C14H16N2O2S2/c1-9-7-16(5-4-11(9)17)14(18)10-8-20-13(15-10)12-3-2-6-19-12/h2-3,6,8-9,11,17H,4-5,7H2,1H3. The summed E-state index contributed by atoms with van der Waals surface area (Å²) in [6.07, 6.45) is 0.352. The monoisotopic (exact) mass is 308 g/mol. The Morgan fingerprint density at radius 2 is 2.35 bits per heavy atom. The van der Waals surface area contributed by atoms with E-state index in [9.17, 15) is 9.90 Å². The molecule has 1 fully saturated rings. The first-order chi connectivity index (χ1) is 9.65. The summed E-state index contributed by atoms with van der Waals surface area (Å²) in [5, 5.41) is 14.5. The Balaban J connectivity index is 1.75. The molecule has 2 atom stereocenters. The second-order valence-electron chi connectivity index (χ2n) is 5.10. The van der Waals surface area contributed by atoms with Crippen LogP contribution in [0.25, 0.3) is 9.88 Å². The van der Waals surface area contributed by atoms with E-state index in [1.165, 1.54) is 11.3 Å². The van der Waals surface area contributed by atoms with Gasteiger partial charge in [0.1, 0.15) is 10.7 Å². The second kappa shape index (κ2) is 5.63. The van der Waals surface area contributed by atoms with Crippen LogP contribution < -0.4 is 0 Å². The van der Waals surface area contributed by atoms with Crippen LogP contribution in [0.1, 0.15) is 23.8 Å². The van der Waals surface area contributed by atoms with E-state index in [1.54, 1.807) is 16.2 Å². The lowest BCUT2D eigenvalue weighted by atomic mass is 9.96. The molecule has 2 unspecified atom stereocenters. The summed E-state index contributed by atoms with van der Waals surface area (Å²) in [5.74, 6) is 0.103. The highest BCUT2D eigenvalue weighted by atomic mass is 32.1. The van der Waals surface area contributed by atoms with Crippen LogP contribution in [0.4, 0.5) is 0 Å². The van der Waals surface area contributed by atoms with Gasteiger partial charge in [-0.05, 0) is 23.8 Å². The smallest absolute Gasteiger partial charge is 0.273 e. The van der Waals surface area contributed by atoms with Crippen LogP contribution in [-0.2, 0) is 0 Å². The van der Waals surface area contributed by atoms with Crippen LogP contribution in [0.3, 0.4) is 0 Å². The second-order valence-corrected chi connectivity index (χ2v) is 6.91. The van der Waals surface area contributed by atoms with Crippen LogP contribution >= 0.6 is 22.7 Å². The number of aliphatic hydroxyl groups is 1. The molecule has 4 nitrogen and oxygen atoms in total. The van der Waals surface area contributed by atoms with Crippen LogP contribution in [0.2, 0.25) is 0 Å². The number of aliphatic hydroxyl groups excluding tert-OH is 1. The van der Waals surface area contributed by atoms with Crippen molar-refractivity contribution in [3.8, 4) is 9.88 Å². The summed E-state index contributed by atoms with van der Waals surface area (Å²) in [6, 6.07) is 3.99. The Bertz CT molecular complexity index is 594. The van der Waals surface area contributed by atoms with Gasteiger partial charge in [0.05, 0.1) is 11.0 Å². The summed E-state index contributed by atoms with van der Waals surface area (Å²) >= 11 is 3.13. The molecule has 3 rings (SSSR count). The van der Waals surface area contributed by atoms with Crippen molar-refractivity contribution in [3.63, 3.8) is 0 Å². The Morgan fingerprint density at radius 3 is 3.05 bits per heavy atom. The van der Waals surface area contributed by atoms with Gasteiger partial charge < -0.3 is 10.0 Å². The Labute approximate surface area is 125 Å². The van der Waals surface area contributed by atoms with Crippen molar-refractivity contribution in [2.24, 2.45) is 5.92 Å². The number of thiophene rings is 1. The highest BCUT2D eigenvalue weighted by Crippen LogP contribution is 2.28. The molecular formula is C14H16N2O2S2. The number of hydrogen-bond donors (Lipinski definition) is 1. The third-order valence-electron chi connectivity index (χ3n) is 3.60. The molecule has 1 amide bonds. The van der Waals surface area contributed by atoms with E-state index in [0.717, 1.165) is 9.88 Å². The van der Waals surface area contributed by atoms with Gasteiger partial charge in [0.15, 0.2) is 0 Å². The molecule has 0 bridgehead atoms. The molecule has 1 N–H and O–H groups in total. The highest BCUT2D eigenvalue weighted by Gasteiger charge is 2.28. The van der Waals surface area contributed by atoms with Crippen molar-refractivity contribution in [1.29, 1.82) is 0 Å². The maximum absolute atomic E-state index is 12.4. The van der Waals surface area contributed by atoms with E-state index < -0.39 is 0 Å². The number of nitrogens with zero attached hydrogens (tertiary/aromatic N) is 2. The first-order valence-corrected chi connectivity index (χ1v) is 8.38. The fraction of sp³-hybridized carbons (Fsp3) is 0.429. The minimum absolute atomic E-state index is 0.0252. The summed E-state index contributed by atoms with van der Waals surface area (Å²) < 4.78 is 0.